The molecule has 3 aliphatic carbocycles. The summed E-state index contributed by atoms with van der Waals surface area (Å²) in [7, 11) is 1.39. The Hall–Kier alpha value is -1.33. The Morgan fingerprint density at radius 2 is 1.89 bits per heavy atom. The van der Waals surface area contributed by atoms with Gasteiger partial charge in [0.2, 0.25) is 0 Å². The van der Waals surface area contributed by atoms with Crippen LogP contribution in [0.5, 0.6) is 0 Å². The summed E-state index contributed by atoms with van der Waals surface area (Å²) in [6.45, 7) is 11.1. The largest absolute Gasteiger partial charge is 0.511 e. The highest BCUT2D eigenvalue weighted by Gasteiger charge is 2.60. The molecule has 0 unspecified atom stereocenters. The van der Waals surface area contributed by atoms with Crippen molar-refractivity contribution >= 4 is 5.97 Å². The van der Waals surface area contributed by atoms with Crippen LogP contribution in [0.25, 0.3) is 0 Å². The topological polar surface area (TPSA) is 65.0 Å². The minimum absolute atomic E-state index is 0.130. The number of ether oxygens (including phenoxy) is 3. The van der Waals surface area contributed by atoms with E-state index in [1.807, 2.05) is 27.7 Å². The summed E-state index contributed by atoms with van der Waals surface area (Å²) in [5.41, 5.74) is -0.198. The van der Waals surface area contributed by atoms with Crippen molar-refractivity contribution in [3.63, 3.8) is 0 Å². The Morgan fingerprint density at radius 1 is 1.18 bits per heavy atom. The number of aliphatic hydroxyl groups excluding tert-OH is 1. The van der Waals surface area contributed by atoms with Crippen LogP contribution in [-0.4, -0.2) is 36.7 Å². The highest BCUT2D eigenvalue weighted by atomic mass is 16.7. The molecule has 1 N–H and O–H groups in total. The monoisotopic (exact) mass is 390 g/mol. The molecule has 0 amide bonds. The summed E-state index contributed by atoms with van der Waals surface area (Å²) in [4.78, 5) is 12.5. The van der Waals surface area contributed by atoms with Gasteiger partial charge in [-0.25, -0.2) is 4.79 Å². The summed E-state index contributed by atoms with van der Waals surface area (Å²) < 4.78 is 17.3. The molecule has 4 rings (SSSR count). The molecule has 4 aliphatic rings. The minimum atomic E-state index is -0.560. The number of carbonyl (C=O) groups excluding carboxylic acids is 1. The fraction of sp³-hybridized carbons (Fsp3) is 0.783. The van der Waals surface area contributed by atoms with Crippen molar-refractivity contribution in [1.82, 2.24) is 0 Å². The van der Waals surface area contributed by atoms with Crippen LogP contribution >= 0.6 is 0 Å². The molecule has 0 aromatic heterocycles. The predicted octanol–water partition coefficient (Wildman–Crippen LogP) is 4.39. The average molecular weight is 391 g/mol. The molecule has 1 saturated carbocycles. The number of rotatable bonds is 1. The number of esters is 1. The van der Waals surface area contributed by atoms with Crippen molar-refractivity contribution in [3.05, 3.63) is 23.5 Å². The van der Waals surface area contributed by atoms with Crippen LogP contribution < -0.4 is 0 Å². The average Bonchev–Trinajstić information content (AvgIpc) is 2.63. The first-order valence-corrected chi connectivity index (χ1v) is 10.5. The van der Waals surface area contributed by atoms with Gasteiger partial charge in [0, 0.05) is 17.3 Å². The van der Waals surface area contributed by atoms with E-state index in [0.717, 1.165) is 19.4 Å². The van der Waals surface area contributed by atoms with Gasteiger partial charge in [-0.15, -0.1) is 0 Å². The normalized spacial score (nSPS) is 43.6. The van der Waals surface area contributed by atoms with Gasteiger partial charge in [0.15, 0.2) is 5.79 Å². The molecule has 0 radical (unpaired) electrons. The second-order valence-electron chi connectivity index (χ2n) is 10.4. The molecule has 2 fully saturated rings. The zero-order valence-electron chi connectivity index (χ0n) is 18.0. The smallest absolute Gasteiger partial charge is 0.337 e. The van der Waals surface area contributed by atoms with Gasteiger partial charge in [-0.1, -0.05) is 32.9 Å². The fourth-order valence-corrected chi connectivity index (χ4v) is 6.62. The second kappa shape index (κ2) is 6.33. The highest BCUT2D eigenvalue weighted by Crippen LogP contribution is 2.63. The molecule has 0 aromatic rings. The quantitative estimate of drug-likeness (QED) is 0.531. The molecule has 5 heteroatoms. The van der Waals surface area contributed by atoms with Crippen molar-refractivity contribution in [2.75, 3.05) is 13.7 Å². The summed E-state index contributed by atoms with van der Waals surface area (Å²) in [5.74, 6) is 0.493. The van der Waals surface area contributed by atoms with Crippen molar-refractivity contribution in [2.45, 2.75) is 65.8 Å². The molecular formula is C23H34O5. The minimum Gasteiger partial charge on any atom is -0.511 e. The van der Waals surface area contributed by atoms with Crippen LogP contribution in [0.15, 0.2) is 23.5 Å². The molecule has 1 aliphatic heterocycles. The third-order valence-electron chi connectivity index (χ3n) is 7.97. The molecule has 1 heterocycles. The molecule has 156 valence electrons. The molecule has 5 nitrogen and oxygen atoms in total. The Bertz CT molecular complexity index is 733. The first-order chi connectivity index (χ1) is 13.0. The van der Waals surface area contributed by atoms with Crippen LogP contribution in [-0.2, 0) is 19.0 Å². The lowest BCUT2D eigenvalue weighted by atomic mass is 9.46. The third kappa shape index (κ3) is 2.77. The van der Waals surface area contributed by atoms with E-state index in [-0.39, 0.29) is 23.2 Å². The number of fused-ring (bicyclic) bond motifs is 5. The van der Waals surface area contributed by atoms with Gasteiger partial charge < -0.3 is 19.3 Å². The molecule has 0 spiro atoms. The van der Waals surface area contributed by atoms with Crippen LogP contribution in [0.1, 0.15) is 53.9 Å². The van der Waals surface area contributed by atoms with Crippen LogP contribution in [0.4, 0.5) is 0 Å². The lowest BCUT2D eigenvalue weighted by Gasteiger charge is -2.60. The number of carbonyl (C=O) groups is 1. The van der Waals surface area contributed by atoms with E-state index in [2.05, 4.69) is 19.1 Å². The maximum atomic E-state index is 12.5. The van der Waals surface area contributed by atoms with E-state index in [1.54, 1.807) is 0 Å². The van der Waals surface area contributed by atoms with Crippen molar-refractivity contribution < 1.29 is 24.1 Å². The van der Waals surface area contributed by atoms with Gasteiger partial charge in [-0.2, -0.15) is 0 Å². The molecule has 1 saturated heterocycles. The fourth-order valence-electron chi connectivity index (χ4n) is 6.62. The molecule has 0 aromatic carbocycles. The summed E-state index contributed by atoms with van der Waals surface area (Å²) in [6.07, 6.45) is 7.44. The lowest BCUT2D eigenvalue weighted by molar-refractivity contribution is -0.313. The van der Waals surface area contributed by atoms with E-state index in [0.29, 0.717) is 29.7 Å². The molecule has 6 atom stereocenters. The van der Waals surface area contributed by atoms with E-state index >= 15 is 0 Å². The maximum absolute atomic E-state index is 12.5. The van der Waals surface area contributed by atoms with Crippen LogP contribution in [0.2, 0.25) is 0 Å². The van der Waals surface area contributed by atoms with Crippen molar-refractivity contribution in [1.29, 1.82) is 0 Å². The van der Waals surface area contributed by atoms with E-state index in [1.165, 1.54) is 7.11 Å². The first kappa shape index (κ1) is 20.0. The third-order valence-corrected chi connectivity index (χ3v) is 7.97. The standard InChI is InChI=1S/C23H34O5/c1-21(2)17-10-8-14-16(9-7-13-12-27-22(3,4)28-18(13)14)23(17,5)11-15(19(21)24)20(25)26-6/h8,10,13-14,16-18,24H,7,9,11-12H2,1-6H3/t13-,14+,16+,17+,18+,23-/m1/s1. The number of allylic oxidation sites excluding steroid dienone is 2. The summed E-state index contributed by atoms with van der Waals surface area (Å²) in [6, 6.07) is 0. The van der Waals surface area contributed by atoms with E-state index in [9.17, 15) is 9.90 Å². The zero-order valence-corrected chi connectivity index (χ0v) is 18.0. The second-order valence-corrected chi connectivity index (χ2v) is 10.4. The van der Waals surface area contributed by atoms with Gasteiger partial charge in [0.1, 0.15) is 5.76 Å². The summed E-state index contributed by atoms with van der Waals surface area (Å²) >= 11 is 0. The first-order valence-electron chi connectivity index (χ1n) is 10.5. The Balaban J connectivity index is 1.74. The van der Waals surface area contributed by atoms with Crippen LogP contribution in [0, 0.1) is 34.5 Å². The maximum Gasteiger partial charge on any atom is 0.337 e. The number of methoxy groups -OCH3 is 1. The van der Waals surface area contributed by atoms with Gasteiger partial charge in [0.25, 0.3) is 0 Å². The van der Waals surface area contributed by atoms with Gasteiger partial charge in [-0.05, 0) is 50.4 Å². The Kier molecular flexibility index (Phi) is 4.51. The Morgan fingerprint density at radius 3 is 2.57 bits per heavy atom. The lowest BCUT2D eigenvalue weighted by Crippen LogP contribution is -2.59. The predicted molar refractivity (Wildman–Crippen MR) is 105 cm³/mol. The zero-order chi connectivity index (χ0) is 20.5. The van der Waals surface area contributed by atoms with Gasteiger partial charge in [-0.3, -0.25) is 0 Å². The van der Waals surface area contributed by atoms with Crippen molar-refractivity contribution in [2.24, 2.45) is 34.5 Å². The molecule has 0 bridgehead atoms. The number of hydrogen-bond donors (Lipinski definition) is 1. The highest BCUT2D eigenvalue weighted by molar-refractivity contribution is 5.89. The Labute approximate surface area is 168 Å². The number of aliphatic hydroxyl groups is 1. The summed E-state index contributed by atoms with van der Waals surface area (Å²) in [5, 5.41) is 10.9. The molecule has 28 heavy (non-hydrogen) atoms. The molecular weight excluding hydrogens is 356 g/mol. The van der Waals surface area contributed by atoms with Gasteiger partial charge in [0.05, 0.1) is 25.4 Å². The van der Waals surface area contributed by atoms with Crippen molar-refractivity contribution in [3.8, 4) is 0 Å². The SMILES string of the molecule is COC(=O)C1=C(O)C(C)(C)[C@@H]2C=C[C@@H]3[C@H]4OC(C)(C)OC[C@H]4CC[C@@H]3[C@@]2(C)C1. The van der Waals surface area contributed by atoms with Crippen LogP contribution in [0.3, 0.4) is 0 Å². The van der Waals surface area contributed by atoms with E-state index < -0.39 is 17.2 Å². The van der Waals surface area contributed by atoms with E-state index in [4.69, 9.17) is 14.2 Å². The number of hydrogen-bond acceptors (Lipinski definition) is 5. The van der Waals surface area contributed by atoms with Gasteiger partial charge >= 0.3 is 5.97 Å².